The zero-order valence-corrected chi connectivity index (χ0v) is 14.2. The Morgan fingerprint density at radius 3 is 2.64 bits per heavy atom. The van der Waals surface area contributed by atoms with Gasteiger partial charge >= 0.3 is 0 Å². The number of aromatic nitrogens is 4. The molecule has 0 saturated carbocycles. The van der Waals surface area contributed by atoms with Crippen LogP contribution in [0.4, 0.5) is 5.82 Å². The summed E-state index contributed by atoms with van der Waals surface area (Å²) in [6, 6.07) is 7.75. The lowest BCUT2D eigenvalue weighted by Gasteiger charge is -2.34. The van der Waals surface area contributed by atoms with Crippen LogP contribution in [-0.4, -0.2) is 50.6 Å². The Hall–Kier alpha value is -2.80. The van der Waals surface area contributed by atoms with Crippen LogP contribution in [0.3, 0.4) is 0 Å². The van der Waals surface area contributed by atoms with Crippen molar-refractivity contribution in [2.45, 2.75) is 6.54 Å². The Kier molecular flexibility index (Phi) is 4.15. The lowest BCUT2D eigenvalue weighted by atomic mass is 10.2. The predicted octanol–water partition coefficient (Wildman–Crippen LogP) is 1.05. The van der Waals surface area contributed by atoms with Crippen molar-refractivity contribution >= 4 is 16.9 Å². The van der Waals surface area contributed by atoms with E-state index in [9.17, 15) is 4.79 Å². The molecule has 0 radical (unpaired) electrons. The summed E-state index contributed by atoms with van der Waals surface area (Å²) in [6.07, 6.45) is 5.18. The monoisotopic (exact) mass is 336 g/mol. The van der Waals surface area contributed by atoms with Crippen molar-refractivity contribution in [3.8, 4) is 0 Å². The van der Waals surface area contributed by atoms with E-state index in [1.807, 2.05) is 31.3 Å². The van der Waals surface area contributed by atoms with E-state index < -0.39 is 0 Å². The number of rotatable bonds is 3. The van der Waals surface area contributed by atoms with Gasteiger partial charge in [-0.3, -0.25) is 14.7 Å². The summed E-state index contributed by atoms with van der Waals surface area (Å²) in [6.45, 7) is 4.05. The van der Waals surface area contributed by atoms with Gasteiger partial charge in [0.15, 0.2) is 0 Å². The van der Waals surface area contributed by atoms with Crippen LogP contribution in [0, 0.1) is 0 Å². The third kappa shape index (κ3) is 3.10. The molecule has 2 aromatic heterocycles. The van der Waals surface area contributed by atoms with Crippen LogP contribution in [0.1, 0.15) is 5.69 Å². The first-order valence-corrected chi connectivity index (χ1v) is 8.40. The Morgan fingerprint density at radius 1 is 1.08 bits per heavy atom. The van der Waals surface area contributed by atoms with E-state index in [2.05, 4.69) is 24.8 Å². The average Bonchev–Trinajstić information content (AvgIpc) is 2.67. The fraction of sp³-hybridized carbons (Fsp3) is 0.333. The van der Waals surface area contributed by atoms with E-state index in [-0.39, 0.29) is 5.56 Å². The Labute approximate surface area is 145 Å². The van der Waals surface area contributed by atoms with E-state index in [4.69, 9.17) is 0 Å². The largest absolute Gasteiger partial charge is 0.353 e. The summed E-state index contributed by atoms with van der Waals surface area (Å²) < 4.78 is 1.69. The molecule has 0 unspecified atom stereocenters. The molecule has 3 aromatic rings. The Morgan fingerprint density at radius 2 is 1.88 bits per heavy atom. The van der Waals surface area contributed by atoms with Crippen LogP contribution in [0.15, 0.2) is 47.7 Å². The normalized spacial score (nSPS) is 15.6. The SMILES string of the molecule is Cn1c(=O)c(CN2CCN(c3cnccn3)CC2)nc2ccccc21. The van der Waals surface area contributed by atoms with Gasteiger partial charge in [-0.1, -0.05) is 12.1 Å². The van der Waals surface area contributed by atoms with Gasteiger partial charge in [-0.15, -0.1) is 0 Å². The van der Waals surface area contributed by atoms with Gasteiger partial charge in [0.2, 0.25) is 0 Å². The highest BCUT2D eigenvalue weighted by Crippen LogP contribution is 2.14. The van der Waals surface area contributed by atoms with Gasteiger partial charge in [-0.05, 0) is 12.1 Å². The van der Waals surface area contributed by atoms with Crippen molar-refractivity contribution in [1.29, 1.82) is 0 Å². The third-order valence-corrected chi connectivity index (χ3v) is 4.67. The number of piperazine rings is 1. The molecule has 3 heterocycles. The van der Waals surface area contributed by atoms with E-state index in [1.54, 1.807) is 23.2 Å². The van der Waals surface area contributed by atoms with Crippen molar-refractivity contribution in [3.63, 3.8) is 0 Å². The minimum absolute atomic E-state index is 0.0185. The van der Waals surface area contributed by atoms with Gasteiger partial charge < -0.3 is 9.47 Å². The van der Waals surface area contributed by atoms with E-state index >= 15 is 0 Å². The quantitative estimate of drug-likeness (QED) is 0.712. The second kappa shape index (κ2) is 6.60. The first kappa shape index (κ1) is 15.7. The smallest absolute Gasteiger partial charge is 0.273 e. The highest BCUT2D eigenvalue weighted by Gasteiger charge is 2.20. The number of hydrogen-bond donors (Lipinski definition) is 0. The molecular weight excluding hydrogens is 316 g/mol. The van der Waals surface area contributed by atoms with Gasteiger partial charge in [-0.25, -0.2) is 9.97 Å². The van der Waals surface area contributed by atoms with Crippen molar-refractivity contribution in [2.75, 3.05) is 31.1 Å². The van der Waals surface area contributed by atoms with Crippen molar-refractivity contribution < 1.29 is 0 Å². The summed E-state index contributed by atoms with van der Waals surface area (Å²) in [5.74, 6) is 0.905. The van der Waals surface area contributed by atoms with Crippen LogP contribution < -0.4 is 10.5 Å². The first-order chi connectivity index (χ1) is 12.2. The summed E-state index contributed by atoms with van der Waals surface area (Å²) in [7, 11) is 1.81. The summed E-state index contributed by atoms with van der Waals surface area (Å²) >= 11 is 0. The lowest BCUT2D eigenvalue weighted by Crippen LogP contribution is -2.47. The molecule has 128 valence electrons. The van der Waals surface area contributed by atoms with E-state index in [0.717, 1.165) is 43.0 Å². The second-order valence-electron chi connectivity index (χ2n) is 6.24. The van der Waals surface area contributed by atoms with E-state index in [0.29, 0.717) is 12.2 Å². The second-order valence-corrected chi connectivity index (χ2v) is 6.24. The maximum absolute atomic E-state index is 12.6. The van der Waals surface area contributed by atoms with Crippen LogP contribution in [0.2, 0.25) is 0 Å². The van der Waals surface area contributed by atoms with Gasteiger partial charge in [0.05, 0.1) is 17.2 Å². The molecule has 1 saturated heterocycles. The molecule has 0 atom stereocenters. The topological polar surface area (TPSA) is 67.2 Å². The van der Waals surface area contributed by atoms with Crippen molar-refractivity contribution in [1.82, 2.24) is 24.4 Å². The molecule has 0 N–H and O–H groups in total. The van der Waals surface area contributed by atoms with Crippen LogP contribution in [0.25, 0.3) is 11.0 Å². The molecule has 1 aliphatic rings. The number of fused-ring (bicyclic) bond motifs is 1. The maximum Gasteiger partial charge on any atom is 0.273 e. The maximum atomic E-state index is 12.6. The standard InChI is InChI=1S/C18H20N6O/c1-22-16-5-3-2-4-14(16)21-15(18(22)25)13-23-8-10-24(11-9-23)17-12-19-6-7-20-17/h2-7,12H,8-11,13H2,1H3. The van der Waals surface area contributed by atoms with Gasteiger partial charge in [0, 0.05) is 52.2 Å². The molecule has 7 nitrogen and oxygen atoms in total. The summed E-state index contributed by atoms with van der Waals surface area (Å²) in [5, 5.41) is 0. The van der Waals surface area contributed by atoms with Gasteiger partial charge in [-0.2, -0.15) is 0 Å². The highest BCUT2D eigenvalue weighted by molar-refractivity contribution is 5.74. The number of hydrogen-bond acceptors (Lipinski definition) is 6. The zero-order valence-electron chi connectivity index (χ0n) is 14.2. The fourth-order valence-corrected chi connectivity index (χ4v) is 3.24. The van der Waals surface area contributed by atoms with Crippen molar-refractivity contribution in [2.24, 2.45) is 7.05 Å². The third-order valence-electron chi connectivity index (χ3n) is 4.67. The molecule has 1 aromatic carbocycles. The zero-order chi connectivity index (χ0) is 17.2. The minimum Gasteiger partial charge on any atom is -0.353 e. The lowest BCUT2D eigenvalue weighted by molar-refractivity contribution is 0.245. The van der Waals surface area contributed by atoms with Crippen molar-refractivity contribution in [3.05, 3.63) is 58.9 Å². The molecular formula is C18H20N6O. The van der Waals surface area contributed by atoms with Crippen LogP contribution >= 0.6 is 0 Å². The molecule has 1 aliphatic heterocycles. The first-order valence-electron chi connectivity index (χ1n) is 8.40. The molecule has 0 amide bonds. The Balaban J connectivity index is 1.50. The van der Waals surface area contributed by atoms with Crippen LogP contribution in [-0.2, 0) is 13.6 Å². The molecule has 0 aliphatic carbocycles. The summed E-state index contributed by atoms with van der Waals surface area (Å²) in [4.78, 5) is 30.1. The van der Waals surface area contributed by atoms with Crippen LogP contribution in [0.5, 0.6) is 0 Å². The number of benzene rings is 1. The molecule has 0 bridgehead atoms. The average molecular weight is 336 g/mol. The fourth-order valence-electron chi connectivity index (χ4n) is 3.24. The number of anilines is 1. The molecule has 25 heavy (non-hydrogen) atoms. The predicted molar refractivity (Wildman–Crippen MR) is 96.5 cm³/mol. The van der Waals surface area contributed by atoms with Gasteiger partial charge in [0.25, 0.3) is 5.56 Å². The molecule has 0 spiro atoms. The molecule has 1 fully saturated rings. The van der Waals surface area contributed by atoms with Gasteiger partial charge in [0.1, 0.15) is 11.5 Å². The minimum atomic E-state index is -0.0185. The molecule has 7 heteroatoms. The number of para-hydroxylation sites is 2. The molecule has 4 rings (SSSR count). The Bertz CT molecular complexity index is 931. The highest BCUT2D eigenvalue weighted by atomic mass is 16.1. The number of aryl methyl sites for hydroxylation is 1. The van der Waals surface area contributed by atoms with E-state index in [1.165, 1.54) is 0 Å². The number of nitrogens with zero attached hydrogens (tertiary/aromatic N) is 6. The summed E-state index contributed by atoms with van der Waals surface area (Å²) in [5.41, 5.74) is 2.31.